The number of halogens is 2. The minimum absolute atomic E-state index is 0.0667. The van der Waals surface area contributed by atoms with E-state index in [2.05, 4.69) is 15.0 Å². The van der Waals surface area contributed by atoms with E-state index in [1.54, 1.807) is 12.1 Å². The average molecular weight is 272 g/mol. The highest BCUT2D eigenvalue weighted by molar-refractivity contribution is 6.35. The fraction of sp³-hybridized carbons (Fsp3) is 0.200. The van der Waals surface area contributed by atoms with Gasteiger partial charge in [-0.05, 0) is 23.7 Å². The van der Waals surface area contributed by atoms with Crippen LogP contribution in [0.3, 0.4) is 0 Å². The van der Waals surface area contributed by atoms with Crippen molar-refractivity contribution in [2.45, 2.75) is 13.5 Å². The monoisotopic (exact) mass is 271 g/mol. The summed E-state index contributed by atoms with van der Waals surface area (Å²) in [5, 5.41) is 0.238. The summed E-state index contributed by atoms with van der Waals surface area (Å²) in [5.41, 5.74) is 1.54. The molecule has 0 aromatic carbocycles. The molecule has 5 nitrogen and oxygen atoms in total. The summed E-state index contributed by atoms with van der Waals surface area (Å²) in [6, 6.07) is 3.38. The van der Waals surface area contributed by atoms with Crippen LogP contribution in [0.15, 0.2) is 12.1 Å². The lowest BCUT2D eigenvalue weighted by Gasteiger charge is -2.04. The van der Waals surface area contributed by atoms with Crippen molar-refractivity contribution in [1.29, 1.82) is 0 Å². The predicted molar refractivity (Wildman–Crippen MR) is 62.8 cm³/mol. The number of pyridine rings is 1. The summed E-state index contributed by atoms with van der Waals surface area (Å²) in [4.78, 5) is 22.6. The molecule has 2 aromatic heterocycles. The molecule has 2 heterocycles. The SMILES string of the molecule is CC(=O)OCc1ccc2nc(Cl)nc(Cl)c2n1. The van der Waals surface area contributed by atoms with Crippen LogP contribution in [0, 0.1) is 0 Å². The molecule has 2 aromatic rings. The summed E-state index contributed by atoms with van der Waals surface area (Å²) in [7, 11) is 0. The van der Waals surface area contributed by atoms with Gasteiger partial charge < -0.3 is 4.74 Å². The van der Waals surface area contributed by atoms with E-state index in [-0.39, 0.29) is 23.0 Å². The Morgan fingerprint density at radius 1 is 1.29 bits per heavy atom. The predicted octanol–water partition coefficient (Wildman–Crippen LogP) is 2.39. The van der Waals surface area contributed by atoms with Crippen LogP contribution in [0.2, 0.25) is 10.4 Å². The van der Waals surface area contributed by atoms with Gasteiger partial charge in [0.15, 0.2) is 5.15 Å². The number of fused-ring (bicyclic) bond motifs is 1. The van der Waals surface area contributed by atoms with Crippen molar-refractivity contribution < 1.29 is 9.53 Å². The summed E-state index contributed by atoms with van der Waals surface area (Å²) in [5.74, 6) is -0.370. The van der Waals surface area contributed by atoms with Gasteiger partial charge in [-0.15, -0.1) is 0 Å². The summed E-state index contributed by atoms with van der Waals surface area (Å²) >= 11 is 11.6. The average Bonchev–Trinajstić information content (AvgIpc) is 2.26. The molecule has 17 heavy (non-hydrogen) atoms. The molecule has 0 spiro atoms. The number of carbonyl (C=O) groups excluding carboxylic acids is 1. The highest BCUT2D eigenvalue weighted by Gasteiger charge is 2.07. The van der Waals surface area contributed by atoms with Crippen molar-refractivity contribution in [1.82, 2.24) is 15.0 Å². The van der Waals surface area contributed by atoms with Crippen molar-refractivity contribution in [3.05, 3.63) is 28.3 Å². The minimum Gasteiger partial charge on any atom is -0.459 e. The Bertz CT molecular complexity index is 589. The molecule has 0 saturated carbocycles. The fourth-order valence-corrected chi connectivity index (χ4v) is 1.69. The molecule has 0 N–H and O–H groups in total. The Labute approximate surface area is 107 Å². The van der Waals surface area contributed by atoms with E-state index in [9.17, 15) is 4.79 Å². The van der Waals surface area contributed by atoms with E-state index in [0.29, 0.717) is 16.7 Å². The van der Waals surface area contributed by atoms with Crippen LogP contribution in [0.4, 0.5) is 0 Å². The second kappa shape index (κ2) is 4.81. The van der Waals surface area contributed by atoms with E-state index in [1.165, 1.54) is 6.92 Å². The number of carbonyl (C=O) groups is 1. The highest BCUT2D eigenvalue weighted by atomic mass is 35.5. The quantitative estimate of drug-likeness (QED) is 0.477. The lowest BCUT2D eigenvalue weighted by atomic mass is 10.3. The number of esters is 1. The van der Waals surface area contributed by atoms with Crippen LogP contribution in [0.5, 0.6) is 0 Å². The molecule has 0 atom stereocenters. The van der Waals surface area contributed by atoms with Crippen molar-refractivity contribution in [2.75, 3.05) is 0 Å². The zero-order chi connectivity index (χ0) is 12.4. The van der Waals surface area contributed by atoms with Crippen molar-refractivity contribution in [2.24, 2.45) is 0 Å². The maximum absolute atomic E-state index is 10.7. The molecule has 0 unspecified atom stereocenters. The number of aromatic nitrogens is 3. The first-order valence-corrected chi connectivity index (χ1v) is 5.44. The zero-order valence-corrected chi connectivity index (χ0v) is 10.3. The highest BCUT2D eigenvalue weighted by Crippen LogP contribution is 2.20. The lowest BCUT2D eigenvalue weighted by Crippen LogP contribution is -2.01. The normalized spacial score (nSPS) is 10.5. The van der Waals surface area contributed by atoms with Gasteiger partial charge in [-0.3, -0.25) is 4.79 Å². The Kier molecular flexibility index (Phi) is 3.40. The second-order valence-corrected chi connectivity index (χ2v) is 3.93. The maximum atomic E-state index is 10.7. The van der Waals surface area contributed by atoms with Crippen molar-refractivity contribution in [3.8, 4) is 0 Å². The lowest BCUT2D eigenvalue weighted by molar-refractivity contribution is -0.142. The maximum Gasteiger partial charge on any atom is 0.303 e. The second-order valence-electron chi connectivity index (χ2n) is 3.23. The van der Waals surface area contributed by atoms with Crippen LogP contribution in [-0.2, 0) is 16.1 Å². The van der Waals surface area contributed by atoms with Crippen molar-refractivity contribution >= 4 is 40.2 Å². The van der Waals surface area contributed by atoms with E-state index in [1.807, 2.05) is 0 Å². The Morgan fingerprint density at radius 3 is 2.76 bits per heavy atom. The first kappa shape index (κ1) is 12.0. The molecule has 0 aliphatic carbocycles. The molecule has 0 saturated heterocycles. The molecule has 0 aliphatic rings. The largest absolute Gasteiger partial charge is 0.459 e. The summed E-state index contributed by atoms with van der Waals surface area (Å²) in [6.07, 6.45) is 0. The fourth-order valence-electron chi connectivity index (χ4n) is 1.25. The van der Waals surface area contributed by atoms with Gasteiger partial charge >= 0.3 is 5.97 Å². The molecule has 7 heteroatoms. The van der Waals surface area contributed by atoms with Crippen LogP contribution >= 0.6 is 23.2 Å². The number of rotatable bonds is 2. The molecular formula is C10H7Cl2N3O2. The van der Waals surface area contributed by atoms with Crippen LogP contribution < -0.4 is 0 Å². The molecular weight excluding hydrogens is 265 g/mol. The first-order chi connectivity index (χ1) is 8.06. The Morgan fingerprint density at radius 2 is 2.06 bits per heavy atom. The van der Waals surface area contributed by atoms with Crippen LogP contribution in [0.1, 0.15) is 12.6 Å². The molecule has 0 radical (unpaired) electrons. The minimum atomic E-state index is -0.370. The summed E-state index contributed by atoms with van der Waals surface area (Å²) < 4.78 is 4.83. The van der Waals surface area contributed by atoms with Crippen LogP contribution in [0.25, 0.3) is 11.0 Å². The van der Waals surface area contributed by atoms with Gasteiger partial charge in [0.05, 0.1) is 11.2 Å². The van der Waals surface area contributed by atoms with Gasteiger partial charge in [0, 0.05) is 6.92 Å². The first-order valence-electron chi connectivity index (χ1n) is 4.68. The van der Waals surface area contributed by atoms with E-state index >= 15 is 0 Å². The molecule has 0 amide bonds. The molecule has 2 rings (SSSR count). The number of nitrogens with zero attached hydrogens (tertiary/aromatic N) is 3. The van der Waals surface area contributed by atoms with Gasteiger partial charge in [0.2, 0.25) is 5.28 Å². The molecule has 0 aliphatic heterocycles. The van der Waals surface area contributed by atoms with Gasteiger partial charge in [-0.25, -0.2) is 15.0 Å². The standard InChI is InChI=1S/C10H7Cl2N3O2/c1-5(16)17-4-6-2-3-7-8(13-6)9(11)15-10(12)14-7/h2-3H,4H2,1H3. The van der Waals surface area contributed by atoms with Gasteiger partial charge in [0.1, 0.15) is 12.1 Å². The number of hydrogen-bond acceptors (Lipinski definition) is 5. The van der Waals surface area contributed by atoms with E-state index in [0.717, 1.165) is 0 Å². The molecule has 88 valence electrons. The third-order valence-electron chi connectivity index (χ3n) is 1.95. The third kappa shape index (κ3) is 2.81. The van der Waals surface area contributed by atoms with Crippen LogP contribution in [-0.4, -0.2) is 20.9 Å². The van der Waals surface area contributed by atoms with Gasteiger partial charge in [-0.1, -0.05) is 11.6 Å². The van der Waals surface area contributed by atoms with Gasteiger partial charge in [-0.2, -0.15) is 0 Å². The molecule has 0 bridgehead atoms. The summed E-state index contributed by atoms with van der Waals surface area (Å²) in [6.45, 7) is 1.42. The third-order valence-corrected chi connectivity index (χ3v) is 2.39. The van der Waals surface area contributed by atoms with Gasteiger partial charge in [0.25, 0.3) is 0 Å². The smallest absolute Gasteiger partial charge is 0.303 e. The molecule has 0 fully saturated rings. The number of hydrogen-bond donors (Lipinski definition) is 0. The number of ether oxygens (including phenoxy) is 1. The Balaban J connectivity index is 2.40. The van der Waals surface area contributed by atoms with Crippen molar-refractivity contribution in [3.63, 3.8) is 0 Å². The topological polar surface area (TPSA) is 65.0 Å². The Hall–Kier alpha value is -1.46. The zero-order valence-electron chi connectivity index (χ0n) is 8.78. The van der Waals surface area contributed by atoms with E-state index < -0.39 is 0 Å². The van der Waals surface area contributed by atoms with E-state index in [4.69, 9.17) is 27.9 Å².